The van der Waals surface area contributed by atoms with E-state index < -0.39 is 0 Å². The molecule has 0 bridgehead atoms. The Balaban J connectivity index is 1.73. The third kappa shape index (κ3) is 2.53. The Morgan fingerprint density at radius 2 is 2.09 bits per heavy atom. The van der Waals surface area contributed by atoms with Gasteiger partial charge in [0.2, 0.25) is 0 Å². The highest BCUT2D eigenvalue weighted by Crippen LogP contribution is 2.27. The summed E-state index contributed by atoms with van der Waals surface area (Å²) in [6.45, 7) is 1.52. The Hall–Kier alpha value is -2.21. The number of para-hydroxylation sites is 1. The Morgan fingerprint density at radius 1 is 1.22 bits per heavy atom. The summed E-state index contributed by atoms with van der Waals surface area (Å²) in [7, 11) is 1.69. The van der Waals surface area contributed by atoms with E-state index in [1.54, 1.807) is 13.1 Å². The van der Waals surface area contributed by atoms with Crippen LogP contribution in [0.15, 0.2) is 45.7 Å². The van der Waals surface area contributed by atoms with E-state index in [1.807, 2.05) is 18.2 Å². The summed E-state index contributed by atoms with van der Waals surface area (Å²) in [5.41, 5.74) is 2.89. The molecular formula is C17H15BrN4O. The zero-order valence-corrected chi connectivity index (χ0v) is 14.2. The Kier molecular flexibility index (Phi) is 3.41. The van der Waals surface area contributed by atoms with Gasteiger partial charge in [0.15, 0.2) is 0 Å². The second kappa shape index (κ2) is 5.45. The summed E-state index contributed by atoms with van der Waals surface area (Å²) < 4.78 is 2.39. The number of aromatic nitrogens is 3. The van der Waals surface area contributed by atoms with Gasteiger partial charge in [0.05, 0.1) is 11.2 Å². The molecule has 0 saturated carbocycles. The fourth-order valence-electron chi connectivity index (χ4n) is 2.97. The monoisotopic (exact) mass is 370 g/mol. The molecule has 1 aromatic carbocycles. The van der Waals surface area contributed by atoms with Crippen LogP contribution in [0.3, 0.4) is 0 Å². The average molecular weight is 371 g/mol. The summed E-state index contributed by atoms with van der Waals surface area (Å²) in [5.74, 6) is 0.927. The van der Waals surface area contributed by atoms with Crippen LogP contribution in [-0.4, -0.2) is 21.3 Å². The third-order valence-electron chi connectivity index (χ3n) is 4.22. The summed E-state index contributed by atoms with van der Waals surface area (Å²) in [6, 6.07) is 11.9. The number of aryl methyl sites for hydroxylation is 1. The number of hydrogen-bond acceptors (Lipinski definition) is 4. The summed E-state index contributed by atoms with van der Waals surface area (Å²) in [4.78, 5) is 18.8. The van der Waals surface area contributed by atoms with E-state index in [0.29, 0.717) is 6.54 Å². The van der Waals surface area contributed by atoms with Gasteiger partial charge in [-0.1, -0.05) is 12.1 Å². The number of anilines is 1. The van der Waals surface area contributed by atoms with Crippen LogP contribution in [0.1, 0.15) is 11.3 Å². The van der Waals surface area contributed by atoms with E-state index in [0.717, 1.165) is 45.4 Å². The topological polar surface area (TPSA) is 51.0 Å². The molecule has 1 aliphatic heterocycles. The minimum atomic E-state index is -0.0696. The zero-order valence-electron chi connectivity index (χ0n) is 12.7. The van der Waals surface area contributed by atoms with Crippen molar-refractivity contribution in [3.8, 4) is 0 Å². The first-order valence-corrected chi connectivity index (χ1v) is 8.27. The van der Waals surface area contributed by atoms with Gasteiger partial charge in [0.1, 0.15) is 5.82 Å². The van der Waals surface area contributed by atoms with Crippen molar-refractivity contribution in [1.29, 1.82) is 0 Å². The second-order valence-corrected chi connectivity index (χ2v) is 6.59. The smallest absolute Gasteiger partial charge is 0.266 e. The van der Waals surface area contributed by atoms with Crippen molar-refractivity contribution >= 4 is 32.7 Å². The van der Waals surface area contributed by atoms with Crippen molar-refractivity contribution in [1.82, 2.24) is 14.8 Å². The minimum absolute atomic E-state index is 0.0696. The molecule has 2 aromatic heterocycles. The first-order chi connectivity index (χ1) is 11.1. The van der Waals surface area contributed by atoms with Gasteiger partial charge >= 0.3 is 0 Å². The van der Waals surface area contributed by atoms with E-state index in [9.17, 15) is 4.79 Å². The number of nitrogens with zero attached hydrogens (tertiary/aromatic N) is 4. The minimum Gasteiger partial charge on any atom is -0.352 e. The molecule has 0 spiro atoms. The van der Waals surface area contributed by atoms with Crippen LogP contribution in [0.25, 0.3) is 10.9 Å². The lowest BCUT2D eigenvalue weighted by Crippen LogP contribution is -2.34. The van der Waals surface area contributed by atoms with E-state index in [1.165, 1.54) is 4.68 Å². The lowest BCUT2D eigenvalue weighted by Gasteiger charge is -2.29. The molecule has 0 aliphatic carbocycles. The van der Waals surface area contributed by atoms with Crippen LogP contribution >= 0.6 is 15.9 Å². The molecule has 23 heavy (non-hydrogen) atoms. The molecule has 5 nitrogen and oxygen atoms in total. The average Bonchev–Trinajstić information content (AvgIpc) is 2.56. The highest BCUT2D eigenvalue weighted by molar-refractivity contribution is 9.10. The Morgan fingerprint density at radius 3 is 2.96 bits per heavy atom. The molecule has 1 aliphatic rings. The van der Waals surface area contributed by atoms with Gasteiger partial charge in [-0.25, -0.2) is 9.67 Å². The largest absolute Gasteiger partial charge is 0.352 e. The predicted molar refractivity (Wildman–Crippen MR) is 93.7 cm³/mol. The molecule has 0 N–H and O–H groups in total. The number of halogens is 1. The van der Waals surface area contributed by atoms with E-state index in [4.69, 9.17) is 4.98 Å². The van der Waals surface area contributed by atoms with Gasteiger partial charge in [0.25, 0.3) is 5.56 Å². The fraction of sp³-hybridized carbons (Fsp3) is 0.235. The van der Waals surface area contributed by atoms with Crippen molar-refractivity contribution in [3.63, 3.8) is 0 Å². The van der Waals surface area contributed by atoms with Crippen molar-refractivity contribution in [3.05, 3.63) is 62.5 Å². The van der Waals surface area contributed by atoms with Crippen LogP contribution in [-0.2, 0) is 20.0 Å². The molecule has 6 heteroatoms. The van der Waals surface area contributed by atoms with E-state index in [-0.39, 0.29) is 5.56 Å². The van der Waals surface area contributed by atoms with Gasteiger partial charge in [-0.3, -0.25) is 4.79 Å². The number of hydrogen-bond donors (Lipinski definition) is 0. The first-order valence-electron chi connectivity index (χ1n) is 7.48. The molecule has 3 aromatic rings. The molecule has 0 amide bonds. The maximum Gasteiger partial charge on any atom is 0.266 e. The maximum atomic E-state index is 11.8. The number of benzene rings is 1. The molecule has 0 atom stereocenters. The molecule has 0 radical (unpaired) electrons. The summed E-state index contributed by atoms with van der Waals surface area (Å²) >= 11 is 3.56. The van der Waals surface area contributed by atoms with Gasteiger partial charge in [-0.15, -0.1) is 0 Å². The van der Waals surface area contributed by atoms with Crippen molar-refractivity contribution in [2.24, 2.45) is 7.05 Å². The molecular weight excluding hydrogens is 356 g/mol. The second-order valence-electron chi connectivity index (χ2n) is 5.73. The van der Waals surface area contributed by atoms with Crippen LogP contribution in [0.4, 0.5) is 5.82 Å². The van der Waals surface area contributed by atoms with Crippen molar-refractivity contribution < 1.29 is 0 Å². The quantitative estimate of drug-likeness (QED) is 0.660. The fourth-order valence-corrected chi connectivity index (χ4v) is 3.44. The Labute approximate surface area is 141 Å². The highest BCUT2D eigenvalue weighted by atomic mass is 79.9. The molecule has 3 heterocycles. The molecule has 0 fully saturated rings. The molecule has 4 rings (SSSR count). The van der Waals surface area contributed by atoms with E-state index in [2.05, 4.69) is 38.1 Å². The zero-order chi connectivity index (χ0) is 16.0. The normalized spacial score (nSPS) is 14.1. The molecule has 0 unspecified atom stereocenters. The van der Waals surface area contributed by atoms with Crippen LogP contribution in [0.5, 0.6) is 0 Å². The standard InChI is InChI=1S/C17H15BrN4O/c1-21-16(23)9-12-10-22(8-7-14(12)20-21)15-6-5-11-3-2-4-13(18)17(11)19-15/h2-6,9H,7-8,10H2,1H3. The molecule has 116 valence electrons. The van der Waals surface area contributed by atoms with E-state index >= 15 is 0 Å². The summed E-state index contributed by atoms with van der Waals surface area (Å²) in [6.07, 6.45) is 0.819. The third-order valence-corrected chi connectivity index (χ3v) is 4.86. The number of rotatable bonds is 1. The van der Waals surface area contributed by atoms with Crippen molar-refractivity contribution in [2.45, 2.75) is 13.0 Å². The molecule has 0 saturated heterocycles. The highest BCUT2D eigenvalue weighted by Gasteiger charge is 2.20. The number of pyridine rings is 1. The lowest BCUT2D eigenvalue weighted by atomic mass is 10.1. The van der Waals surface area contributed by atoms with Gasteiger partial charge < -0.3 is 4.90 Å². The first kappa shape index (κ1) is 14.4. The lowest BCUT2D eigenvalue weighted by molar-refractivity contribution is 0.622. The van der Waals surface area contributed by atoms with Gasteiger partial charge in [-0.05, 0) is 34.1 Å². The van der Waals surface area contributed by atoms with Crippen molar-refractivity contribution in [2.75, 3.05) is 11.4 Å². The van der Waals surface area contributed by atoms with Crippen LogP contribution in [0.2, 0.25) is 0 Å². The summed E-state index contributed by atoms with van der Waals surface area (Å²) in [5, 5.41) is 5.46. The maximum absolute atomic E-state index is 11.8. The van der Waals surface area contributed by atoms with Gasteiger partial charge in [-0.2, -0.15) is 5.10 Å². The van der Waals surface area contributed by atoms with Gasteiger partial charge in [0, 0.05) is 48.0 Å². The SMILES string of the molecule is Cn1nc2c(cc1=O)CN(c1ccc3cccc(Br)c3n1)CC2. The van der Waals surface area contributed by atoms with Crippen LogP contribution < -0.4 is 10.5 Å². The Bertz CT molecular complexity index is 966. The predicted octanol–water partition coefficient (Wildman–Crippen LogP) is 2.65. The van der Waals surface area contributed by atoms with Crippen LogP contribution in [0, 0.1) is 0 Å². The number of fused-ring (bicyclic) bond motifs is 2.